The van der Waals surface area contributed by atoms with Crippen LogP contribution in [0.5, 0.6) is 17.2 Å². The van der Waals surface area contributed by atoms with E-state index in [1.165, 1.54) is 49.4 Å². The van der Waals surface area contributed by atoms with Gasteiger partial charge in [0.1, 0.15) is 11.6 Å². The van der Waals surface area contributed by atoms with Crippen LogP contribution in [0.3, 0.4) is 0 Å². The quantitative estimate of drug-likeness (QED) is 0.704. The van der Waals surface area contributed by atoms with Gasteiger partial charge in [-0.2, -0.15) is 0 Å². The van der Waals surface area contributed by atoms with Gasteiger partial charge in [-0.15, -0.1) is 4.83 Å². The average Bonchev–Trinajstić information content (AvgIpc) is 2.92. The molecule has 0 spiro atoms. The maximum atomic E-state index is 12.9. The minimum absolute atomic E-state index is 0.0934. The number of carbonyl (C=O) groups is 1. The second kappa shape index (κ2) is 8.44. The molecule has 0 aliphatic carbocycles. The van der Waals surface area contributed by atoms with Crippen LogP contribution in [0.25, 0.3) is 0 Å². The molecule has 0 bridgehead atoms. The Hall–Kier alpha value is -2.85. The summed E-state index contributed by atoms with van der Waals surface area (Å²) in [6, 6.07) is 9.27. The lowest BCUT2D eigenvalue weighted by Crippen LogP contribution is -2.47. The molecule has 1 aliphatic rings. The molecule has 0 radical (unpaired) electrons. The molecule has 8 nitrogen and oxygen atoms in total. The van der Waals surface area contributed by atoms with Crippen molar-refractivity contribution in [2.24, 2.45) is 0 Å². The Kier molecular flexibility index (Phi) is 6.00. The molecule has 0 fully saturated rings. The Labute approximate surface area is 161 Å². The number of sulfonamides is 1. The summed E-state index contributed by atoms with van der Waals surface area (Å²) in [5.74, 6) is -0.106. The topological polar surface area (TPSA) is 103 Å². The van der Waals surface area contributed by atoms with Gasteiger partial charge in [-0.3, -0.25) is 10.2 Å². The number of halogens is 1. The highest BCUT2D eigenvalue weighted by molar-refractivity contribution is 7.89. The Morgan fingerprint density at radius 2 is 1.79 bits per heavy atom. The number of hydrazine groups is 1. The van der Waals surface area contributed by atoms with E-state index in [0.29, 0.717) is 31.1 Å². The number of amides is 1. The van der Waals surface area contributed by atoms with E-state index in [0.717, 1.165) is 0 Å². The maximum Gasteiger partial charge on any atom is 0.275 e. The van der Waals surface area contributed by atoms with Crippen LogP contribution in [-0.2, 0) is 14.8 Å². The lowest BCUT2D eigenvalue weighted by molar-refractivity contribution is -0.127. The molecular weight excluding hydrogens is 391 g/mol. The van der Waals surface area contributed by atoms with Crippen molar-refractivity contribution in [1.29, 1.82) is 0 Å². The standard InChI is InChI=1S/C18H19FN2O6S/c1-12(27-14-5-3-13(19)4-6-14)18(22)20-21-28(23,24)15-7-8-16-17(11-15)26-10-2-9-25-16/h3-8,11-12,21H,2,9-10H2,1H3,(H,20,22)/t12-/m0/s1. The summed E-state index contributed by atoms with van der Waals surface area (Å²) in [6.07, 6.45) is -0.325. The zero-order valence-corrected chi connectivity index (χ0v) is 15.8. The zero-order valence-electron chi connectivity index (χ0n) is 15.0. The van der Waals surface area contributed by atoms with Crippen LogP contribution in [0.2, 0.25) is 0 Å². The van der Waals surface area contributed by atoms with Crippen molar-refractivity contribution in [2.75, 3.05) is 13.2 Å². The van der Waals surface area contributed by atoms with Crippen LogP contribution in [0.1, 0.15) is 13.3 Å². The molecule has 2 aromatic carbocycles. The van der Waals surface area contributed by atoms with Gasteiger partial charge in [0, 0.05) is 12.5 Å². The fourth-order valence-corrected chi connectivity index (χ4v) is 3.22. The van der Waals surface area contributed by atoms with Gasteiger partial charge >= 0.3 is 0 Å². The summed E-state index contributed by atoms with van der Waals surface area (Å²) in [5, 5.41) is 0. The third-order valence-electron chi connectivity index (χ3n) is 3.83. The number of ether oxygens (including phenoxy) is 3. The number of fused-ring (bicyclic) bond motifs is 1. The predicted molar refractivity (Wildman–Crippen MR) is 97.0 cm³/mol. The van der Waals surface area contributed by atoms with Gasteiger partial charge < -0.3 is 14.2 Å². The van der Waals surface area contributed by atoms with E-state index < -0.39 is 27.9 Å². The Morgan fingerprint density at radius 1 is 1.11 bits per heavy atom. The summed E-state index contributed by atoms with van der Waals surface area (Å²) in [6.45, 7) is 2.33. The molecule has 3 rings (SSSR count). The van der Waals surface area contributed by atoms with E-state index in [1.54, 1.807) is 0 Å². The van der Waals surface area contributed by atoms with Gasteiger partial charge in [0.15, 0.2) is 17.6 Å². The van der Waals surface area contributed by atoms with E-state index in [9.17, 15) is 17.6 Å². The Morgan fingerprint density at radius 3 is 2.50 bits per heavy atom. The lowest BCUT2D eigenvalue weighted by Gasteiger charge is -2.15. The van der Waals surface area contributed by atoms with E-state index in [2.05, 4.69) is 5.43 Å². The van der Waals surface area contributed by atoms with Crippen LogP contribution in [0.4, 0.5) is 4.39 Å². The van der Waals surface area contributed by atoms with Crippen LogP contribution in [-0.4, -0.2) is 33.6 Å². The molecule has 1 atom stereocenters. The van der Waals surface area contributed by atoms with Gasteiger partial charge in [0.2, 0.25) is 0 Å². The maximum absolute atomic E-state index is 12.9. The molecule has 2 N–H and O–H groups in total. The number of nitrogens with one attached hydrogen (secondary N) is 2. The normalized spacial score (nSPS) is 14.6. The van der Waals surface area contributed by atoms with Gasteiger partial charge in [0.25, 0.3) is 15.9 Å². The summed E-state index contributed by atoms with van der Waals surface area (Å²) in [4.78, 5) is 14.0. The van der Waals surface area contributed by atoms with Crippen LogP contribution in [0.15, 0.2) is 47.4 Å². The number of hydrogen-bond donors (Lipinski definition) is 2. The smallest absolute Gasteiger partial charge is 0.275 e. The first-order chi connectivity index (χ1) is 13.3. The van der Waals surface area contributed by atoms with E-state index in [4.69, 9.17) is 14.2 Å². The van der Waals surface area contributed by atoms with Crippen molar-refractivity contribution in [3.05, 3.63) is 48.3 Å². The van der Waals surface area contributed by atoms with Crippen molar-refractivity contribution in [2.45, 2.75) is 24.3 Å². The Bertz CT molecular complexity index is 949. The molecule has 1 heterocycles. The van der Waals surface area contributed by atoms with Crippen molar-refractivity contribution in [3.8, 4) is 17.2 Å². The molecule has 0 saturated heterocycles. The van der Waals surface area contributed by atoms with Gasteiger partial charge in [-0.1, -0.05) is 0 Å². The minimum atomic E-state index is -4.04. The first-order valence-corrected chi connectivity index (χ1v) is 9.97. The van der Waals surface area contributed by atoms with Gasteiger partial charge in [-0.05, 0) is 43.3 Å². The molecule has 10 heteroatoms. The molecule has 1 amide bonds. The lowest BCUT2D eigenvalue weighted by atomic mass is 10.3. The summed E-state index contributed by atoms with van der Waals surface area (Å²) in [7, 11) is -4.04. The van der Waals surface area contributed by atoms with E-state index in [-0.39, 0.29) is 10.6 Å². The number of carbonyl (C=O) groups excluding carboxylic acids is 1. The monoisotopic (exact) mass is 410 g/mol. The second-order valence-electron chi connectivity index (χ2n) is 5.97. The predicted octanol–water partition coefficient (Wildman–Crippen LogP) is 1.76. The summed E-state index contributed by atoms with van der Waals surface area (Å²) < 4.78 is 54.0. The molecule has 2 aromatic rings. The highest BCUT2D eigenvalue weighted by Crippen LogP contribution is 2.31. The third-order valence-corrected chi connectivity index (χ3v) is 5.08. The largest absolute Gasteiger partial charge is 0.490 e. The number of hydrogen-bond acceptors (Lipinski definition) is 6. The fraction of sp³-hybridized carbons (Fsp3) is 0.278. The molecule has 0 saturated carbocycles. The van der Waals surface area contributed by atoms with Crippen molar-refractivity contribution in [1.82, 2.24) is 10.3 Å². The first kappa shape index (κ1) is 19.9. The summed E-state index contributed by atoms with van der Waals surface area (Å²) in [5.41, 5.74) is 2.10. The average molecular weight is 410 g/mol. The number of rotatable bonds is 6. The van der Waals surface area contributed by atoms with Crippen LogP contribution >= 0.6 is 0 Å². The van der Waals surface area contributed by atoms with Crippen molar-refractivity contribution in [3.63, 3.8) is 0 Å². The highest BCUT2D eigenvalue weighted by atomic mass is 32.2. The molecule has 1 aliphatic heterocycles. The minimum Gasteiger partial charge on any atom is -0.490 e. The second-order valence-corrected chi connectivity index (χ2v) is 7.65. The first-order valence-electron chi connectivity index (χ1n) is 8.49. The van der Waals surface area contributed by atoms with Crippen molar-refractivity contribution >= 4 is 15.9 Å². The molecular formula is C18H19FN2O6S. The summed E-state index contributed by atoms with van der Waals surface area (Å²) >= 11 is 0. The molecule has 150 valence electrons. The highest BCUT2D eigenvalue weighted by Gasteiger charge is 2.21. The molecule has 0 aromatic heterocycles. The van der Waals surface area contributed by atoms with E-state index >= 15 is 0 Å². The van der Waals surface area contributed by atoms with E-state index in [1.807, 2.05) is 4.83 Å². The SMILES string of the molecule is C[C@H](Oc1ccc(F)cc1)C(=O)NNS(=O)(=O)c1ccc2c(c1)OCCCO2. The van der Waals surface area contributed by atoms with Gasteiger partial charge in [0.05, 0.1) is 18.1 Å². The number of benzene rings is 2. The van der Waals surface area contributed by atoms with Crippen LogP contribution < -0.4 is 24.5 Å². The molecule has 0 unspecified atom stereocenters. The fourth-order valence-electron chi connectivity index (χ4n) is 2.36. The Balaban J connectivity index is 1.61. The molecule has 28 heavy (non-hydrogen) atoms. The third kappa shape index (κ3) is 4.90. The van der Waals surface area contributed by atoms with Crippen LogP contribution in [0, 0.1) is 5.82 Å². The van der Waals surface area contributed by atoms with Crippen molar-refractivity contribution < 1.29 is 31.8 Å². The van der Waals surface area contributed by atoms with Gasteiger partial charge in [-0.25, -0.2) is 12.8 Å². The zero-order chi connectivity index (χ0) is 20.1.